The zero-order chi connectivity index (χ0) is 27.5. The van der Waals surface area contributed by atoms with Crippen LogP contribution in [0.4, 0.5) is 14.7 Å². The number of aromatic nitrogens is 4. The van der Waals surface area contributed by atoms with Gasteiger partial charge in [-0.2, -0.15) is 4.98 Å². The van der Waals surface area contributed by atoms with Gasteiger partial charge in [-0.15, -0.1) is 0 Å². The number of aliphatic hydroxyl groups excluding tert-OH is 1. The van der Waals surface area contributed by atoms with Gasteiger partial charge in [-0.1, -0.05) is 18.2 Å². The zero-order valence-electron chi connectivity index (χ0n) is 21.2. The van der Waals surface area contributed by atoms with Crippen molar-refractivity contribution in [3.05, 3.63) is 106 Å². The van der Waals surface area contributed by atoms with Crippen molar-refractivity contribution in [2.24, 2.45) is 0 Å². The molecule has 4 N–H and O–H groups in total. The molecule has 3 aromatic carbocycles. The lowest BCUT2D eigenvalue weighted by Gasteiger charge is -2.16. The minimum absolute atomic E-state index is 0.00411. The highest BCUT2D eigenvalue weighted by Gasteiger charge is 2.25. The normalized spacial score (nSPS) is 13.4. The minimum Gasteiger partial charge on any atom is -0.392 e. The van der Waals surface area contributed by atoms with E-state index in [2.05, 4.69) is 15.0 Å². The quantitative estimate of drug-likeness (QED) is 0.258. The number of hydrogen-bond acceptors (Lipinski definition) is 5. The number of H-pyrrole nitrogens is 1. The first-order valence-corrected chi connectivity index (χ1v) is 12.9. The SMILES string of the molecule is Nc1nc(-c2cccc(-n3ccc4cc(C5CC5)cc(F)c4c3=O)c2CO)c2cc(-c3ccc(F)cc3)[nH]c2n1. The lowest BCUT2D eigenvalue weighted by Crippen LogP contribution is -2.20. The second-order valence-corrected chi connectivity index (χ2v) is 10.1. The van der Waals surface area contributed by atoms with Crippen LogP contribution in [-0.4, -0.2) is 24.6 Å². The number of hydrogen-bond donors (Lipinski definition) is 3. The summed E-state index contributed by atoms with van der Waals surface area (Å²) < 4.78 is 30.0. The van der Waals surface area contributed by atoms with E-state index in [9.17, 15) is 14.3 Å². The van der Waals surface area contributed by atoms with Crippen LogP contribution in [0, 0.1) is 11.6 Å². The van der Waals surface area contributed by atoms with Crippen LogP contribution in [0.3, 0.4) is 0 Å². The Kier molecular flexibility index (Phi) is 5.50. The number of fused-ring (bicyclic) bond motifs is 2. The fourth-order valence-corrected chi connectivity index (χ4v) is 5.40. The Morgan fingerprint density at radius 2 is 1.82 bits per heavy atom. The second-order valence-electron chi connectivity index (χ2n) is 10.1. The van der Waals surface area contributed by atoms with Crippen molar-refractivity contribution in [2.45, 2.75) is 25.4 Å². The summed E-state index contributed by atoms with van der Waals surface area (Å²) in [5, 5.41) is 11.7. The van der Waals surface area contributed by atoms with Crippen LogP contribution in [0.5, 0.6) is 0 Å². The van der Waals surface area contributed by atoms with Crippen LogP contribution in [-0.2, 0) is 6.61 Å². The molecule has 1 saturated carbocycles. The molecule has 0 saturated heterocycles. The standard InChI is InChI=1S/C31H23F2N5O2/c32-20-8-6-17(7-9-20)25-14-22-28(36-31(34)37-29(22)35-25)21-2-1-3-26(23(21)15-39)38-11-10-18-12-19(16-4-5-16)13-24(33)27(18)30(38)40/h1-3,6-14,16,39H,4-5,15H2,(H3,34,35,36,37). The van der Waals surface area contributed by atoms with Crippen molar-refractivity contribution in [2.75, 3.05) is 5.73 Å². The molecular formula is C31H23F2N5O2. The number of aliphatic hydroxyl groups is 1. The number of nitrogen functional groups attached to an aromatic ring is 1. The summed E-state index contributed by atoms with van der Waals surface area (Å²) in [6.07, 6.45) is 3.66. The van der Waals surface area contributed by atoms with Crippen LogP contribution in [0.15, 0.2) is 77.7 Å². The Bertz CT molecular complexity index is 2010. The van der Waals surface area contributed by atoms with Gasteiger partial charge in [0.05, 0.1) is 23.4 Å². The molecule has 0 amide bonds. The summed E-state index contributed by atoms with van der Waals surface area (Å²) in [4.78, 5) is 25.6. The Balaban J connectivity index is 1.41. The van der Waals surface area contributed by atoms with E-state index in [1.165, 1.54) is 22.8 Å². The Labute approximate surface area is 226 Å². The molecule has 7 nitrogen and oxygen atoms in total. The van der Waals surface area contributed by atoms with Gasteiger partial charge in [0, 0.05) is 28.4 Å². The molecule has 198 valence electrons. The van der Waals surface area contributed by atoms with Crippen molar-refractivity contribution < 1.29 is 13.9 Å². The molecule has 1 aliphatic rings. The topological polar surface area (TPSA) is 110 Å². The predicted molar refractivity (Wildman–Crippen MR) is 150 cm³/mol. The Morgan fingerprint density at radius 3 is 2.58 bits per heavy atom. The van der Waals surface area contributed by atoms with Crippen LogP contribution in [0.25, 0.3) is 50.0 Å². The number of nitrogens with zero attached hydrogens (tertiary/aromatic N) is 3. The number of halogens is 2. The van der Waals surface area contributed by atoms with Crippen LogP contribution in [0.2, 0.25) is 0 Å². The van der Waals surface area contributed by atoms with Crippen molar-refractivity contribution in [1.29, 1.82) is 0 Å². The maximum absolute atomic E-state index is 15.2. The van der Waals surface area contributed by atoms with Crippen LogP contribution < -0.4 is 11.3 Å². The fraction of sp³-hybridized carbons (Fsp3) is 0.129. The monoisotopic (exact) mass is 535 g/mol. The van der Waals surface area contributed by atoms with E-state index in [0.29, 0.717) is 50.5 Å². The zero-order valence-corrected chi connectivity index (χ0v) is 21.2. The predicted octanol–water partition coefficient (Wildman–Crippen LogP) is 5.83. The molecule has 3 heterocycles. The molecule has 0 bridgehead atoms. The Hall–Kier alpha value is -4.89. The van der Waals surface area contributed by atoms with Crippen LogP contribution >= 0.6 is 0 Å². The molecule has 6 aromatic rings. The number of pyridine rings is 1. The summed E-state index contributed by atoms with van der Waals surface area (Å²) >= 11 is 0. The molecule has 0 radical (unpaired) electrons. The summed E-state index contributed by atoms with van der Waals surface area (Å²) in [6, 6.07) is 18.1. The molecule has 9 heteroatoms. The molecule has 0 unspecified atom stereocenters. The highest BCUT2D eigenvalue weighted by molar-refractivity contribution is 5.96. The highest BCUT2D eigenvalue weighted by Crippen LogP contribution is 2.41. The van der Waals surface area contributed by atoms with E-state index in [-0.39, 0.29) is 17.2 Å². The van der Waals surface area contributed by atoms with E-state index in [4.69, 9.17) is 5.73 Å². The number of anilines is 1. The molecule has 40 heavy (non-hydrogen) atoms. The maximum Gasteiger partial charge on any atom is 0.265 e. The van der Waals surface area contributed by atoms with Gasteiger partial charge in [0.2, 0.25) is 5.95 Å². The summed E-state index contributed by atoms with van der Waals surface area (Å²) in [7, 11) is 0. The third-order valence-electron chi connectivity index (χ3n) is 7.51. The summed E-state index contributed by atoms with van der Waals surface area (Å²) in [6.45, 7) is -0.417. The van der Waals surface area contributed by atoms with Crippen molar-refractivity contribution in [1.82, 2.24) is 19.5 Å². The third-order valence-corrected chi connectivity index (χ3v) is 7.51. The summed E-state index contributed by atoms with van der Waals surface area (Å²) in [5.41, 5.74) is 10.2. The molecule has 0 aliphatic heterocycles. The van der Waals surface area contributed by atoms with E-state index < -0.39 is 18.0 Å². The lowest BCUT2D eigenvalue weighted by atomic mass is 10.00. The first kappa shape index (κ1) is 24.2. The van der Waals surface area contributed by atoms with E-state index in [1.807, 2.05) is 12.1 Å². The second kappa shape index (κ2) is 9.10. The van der Waals surface area contributed by atoms with Crippen molar-refractivity contribution in [3.63, 3.8) is 0 Å². The van der Waals surface area contributed by atoms with Gasteiger partial charge >= 0.3 is 0 Å². The van der Waals surface area contributed by atoms with Gasteiger partial charge in [0.1, 0.15) is 17.3 Å². The minimum atomic E-state index is -0.550. The maximum atomic E-state index is 15.2. The lowest BCUT2D eigenvalue weighted by molar-refractivity contribution is 0.282. The molecule has 1 aliphatic carbocycles. The smallest absolute Gasteiger partial charge is 0.265 e. The van der Waals surface area contributed by atoms with E-state index >= 15 is 4.39 Å². The van der Waals surface area contributed by atoms with Gasteiger partial charge in [-0.3, -0.25) is 9.36 Å². The average molecular weight is 536 g/mol. The van der Waals surface area contributed by atoms with E-state index in [1.54, 1.807) is 42.6 Å². The number of benzene rings is 3. The molecular weight excluding hydrogens is 512 g/mol. The van der Waals surface area contributed by atoms with E-state index in [0.717, 1.165) is 24.0 Å². The largest absolute Gasteiger partial charge is 0.392 e. The number of nitrogens with two attached hydrogens (primary N) is 1. The average Bonchev–Trinajstić information content (AvgIpc) is 3.72. The van der Waals surface area contributed by atoms with Gasteiger partial charge in [0.25, 0.3) is 5.56 Å². The van der Waals surface area contributed by atoms with Gasteiger partial charge < -0.3 is 15.8 Å². The first-order chi connectivity index (χ1) is 19.4. The summed E-state index contributed by atoms with van der Waals surface area (Å²) in [5.74, 6) is -0.526. The molecule has 0 atom stereocenters. The Morgan fingerprint density at radius 1 is 1.02 bits per heavy atom. The number of aromatic amines is 1. The van der Waals surface area contributed by atoms with Gasteiger partial charge in [-0.05, 0) is 83.8 Å². The molecule has 1 fully saturated rings. The van der Waals surface area contributed by atoms with Crippen molar-refractivity contribution in [3.8, 4) is 28.2 Å². The first-order valence-electron chi connectivity index (χ1n) is 12.9. The highest BCUT2D eigenvalue weighted by atomic mass is 19.1. The molecule has 7 rings (SSSR count). The van der Waals surface area contributed by atoms with Gasteiger partial charge in [-0.25, -0.2) is 13.8 Å². The molecule has 3 aromatic heterocycles. The van der Waals surface area contributed by atoms with Crippen molar-refractivity contribution >= 4 is 27.8 Å². The number of nitrogens with one attached hydrogen (secondary N) is 1. The van der Waals surface area contributed by atoms with Gasteiger partial charge in [0.15, 0.2) is 0 Å². The van der Waals surface area contributed by atoms with Crippen LogP contribution in [0.1, 0.15) is 29.9 Å². The number of rotatable bonds is 5. The fourth-order valence-electron chi connectivity index (χ4n) is 5.40. The third kappa shape index (κ3) is 3.94. The molecule has 0 spiro atoms.